The Bertz CT molecular complexity index is 701. The summed E-state index contributed by atoms with van der Waals surface area (Å²) in [6.07, 6.45) is 0.239. The number of anilines is 1. The molecule has 1 amide bonds. The molecule has 0 saturated heterocycles. The van der Waals surface area contributed by atoms with Crippen LogP contribution in [0.25, 0.3) is 0 Å². The lowest BCUT2D eigenvalue weighted by Gasteiger charge is -2.12. The summed E-state index contributed by atoms with van der Waals surface area (Å²) in [7, 11) is 0. The van der Waals surface area contributed by atoms with Crippen molar-refractivity contribution in [3.63, 3.8) is 0 Å². The van der Waals surface area contributed by atoms with Crippen LogP contribution in [-0.4, -0.2) is 11.0 Å². The number of hydrogen-bond acceptors (Lipinski definition) is 2. The third kappa shape index (κ3) is 5.14. The van der Waals surface area contributed by atoms with Crippen molar-refractivity contribution in [2.24, 2.45) is 0 Å². The van der Waals surface area contributed by atoms with E-state index in [9.17, 15) is 9.18 Å². The molecule has 0 spiro atoms. The molecule has 23 heavy (non-hydrogen) atoms. The molecule has 0 unspecified atom stereocenters. The van der Waals surface area contributed by atoms with Crippen LogP contribution in [0.1, 0.15) is 30.9 Å². The Labute approximate surface area is 140 Å². The quantitative estimate of drug-likeness (QED) is 0.833. The number of rotatable bonds is 4. The Hall–Kier alpha value is -2.27. The van der Waals surface area contributed by atoms with Gasteiger partial charge in [-0.2, -0.15) is 0 Å². The zero-order valence-electron chi connectivity index (χ0n) is 13.1. The SMILES string of the molecule is CC(C)c1ccc(NC(=S)NC(=O)Cc2ccccc2)cc1F. The minimum Gasteiger partial charge on any atom is -0.332 e. The average molecular weight is 330 g/mol. The van der Waals surface area contributed by atoms with E-state index in [0.717, 1.165) is 5.56 Å². The van der Waals surface area contributed by atoms with E-state index in [2.05, 4.69) is 10.6 Å². The van der Waals surface area contributed by atoms with Crippen molar-refractivity contribution in [1.82, 2.24) is 5.32 Å². The number of amides is 1. The van der Waals surface area contributed by atoms with E-state index in [1.807, 2.05) is 44.2 Å². The van der Waals surface area contributed by atoms with Gasteiger partial charge < -0.3 is 10.6 Å². The molecule has 0 bridgehead atoms. The molecule has 5 heteroatoms. The fourth-order valence-electron chi connectivity index (χ4n) is 2.19. The van der Waals surface area contributed by atoms with Crippen molar-refractivity contribution in [1.29, 1.82) is 0 Å². The van der Waals surface area contributed by atoms with E-state index in [0.29, 0.717) is 11.3 Å². The highest BCUT2D eigenvalue weighted by atomic mass is 32.1. The highest BCUT2D eigenvalue weighted by Gasteiger charge is 2.09. The first-order chi connectivity index (χ1) is 11.0. The van der Waals surface area contributed by atoms with E-state index >= 15 is 0 Å². The largest absolute Gasteiger partial charge is 0.332 e. The van der Waals surface area contributed by atoms with Crippen molar-refractivity contribution in [3.05, 3.63) is 65.5 Å². The third-order valence-electron chi connectivity index (χ3n) is 3.34. The number of benzene rings is 2. The van der Waals surface area contributed by atoms with Crippen LogP contribution < -0.4 is 10.6 Å². The molecule has 0 radical (unpaired) electrons. The van der Waals surface area contributed by atoms with Crippen molar-refractivity contribution in [2.45, 2.75) is 26.2 Å². The average Bonchev–Trinajstić information content (AvgIpc) is 2.47. The second-order valence-corrected chi connectivity index (χ2v) is 5.96. The Morgan fingerprint density at radius 3 is 2.48 bits per heavy atom. The Kier molecular flexibility index (Phi) is 5.82. The molecule has 120 valence electrons. The lowest BCUT2D eigenvalue weighted by atomic mass is 10.0. The fourth-order valence-corrected chi connectivity index (χ4v) is 2.42. The number of carbonyl (C=O) groups is 1. The zero-order valence-corrected chi connectivity index (χ0v) is 13.9. The summed E-state index contributed by atoms with van der Waals surface area (Å²) in [5, 5.41) is 5.57. The Balaban J connectivity index is 1.92. The normalized spacial score (nSPS) is 10.4. The summed E-state index contributed by atoms with van der Waals surface area (Å²) in [5.41, 5.74) is 2.06. The summed E-state index contributed by atoms with van der Waals surface area (Å²) in [6, 6.07) is 14.2. The molecule has 2 N–H and O–H groups in total. The van der Waals surface area contributed by atoms with Crippen LogP contribution in [0.5, 0.6) is 0 Å². The molecule has 0 aliphatic rings. The van der Waals surface area contributed by atoms with Gasteiger partial charge in [-0.1, -0.05) is 50.2 Å². The first-order valence-corrected chi connectivity index (χ1v) is 7.80. The van der Waals surface area contributed by atoms with E-state index in [1.54, 1.807) is 12.1 Å². The molecule has 2 rings (SSSR count). The molecule has 0 saturated carbocycles. The molecule has 0 aliphatic carbocycles. The topological polar surface area (TPSA) is 41.1 Å². The maximum Gasteiger partial charge on any atom is 0.230 e. The predicted octanol–water partition coefficient (Wildman–Crippen LogP) is 4.00. The van der Waals surface area contributed by atoms with Gasteiger partial charge in [0.25, 0.3) is 0 Å². The van der Waals surface area contributed by atoms with Crippen LogP contribution in [0.3, 0.4) is 0 Å². The van der Waals surface area contributed by atoms with Crippen LogP contribution in [0, 0.1) is 5.82 Å². The van der Waals surface area contributed by atoms with E-state index in [4.69, 9.17) is 12.2 Å². The van der Waals surface area contributed by atoms with Gasteiger partial charge in [0.2, 0.25) is 5.91 Å². The monoisotopic (exact) mass is 330 g/mol. The standard InChI is InChI=1S/C18H19FN2OS/c1-12(2)15-9-8-14(11-16(15)19)20-18(23)21-17(22)10-13-6-4-3-5-7-13/h3-9,11-12H,10H2,1-2H3,(H2,20,21,22,23). The minimum atomic E-state index is -0.289. The van der Waals surface area contributed by atoms with Gasteiger partial charge in [0, 0.05) is 5.69 Å². The number of thiocarbonyl (C=S) groups is 1. The molecule has 0 atom stereocenters. The van der Waals surface area contributed by atoms with Gasteiger partial charge in [-0.3, -0.25) is 4.79 Å². The molecule has 2 aromatic rings. The van der Waals surface area contributed by atoms with Crippen LogP contribution in [0.2, 0.25) is 0 Å². The van der Waals surface area contributed by atoms with Crippen LogP contribution >= 0.6 is 12.2 Å². The zero-order chi connectivity index (χ0) is 16.8. The Morgan fingerprint density at radius 1 is 1.17 bits per heavy atom. The van der Waals surface area contributed by atoms with Crippen LogP contribution in [-0.2, 0) is 11.2 Å². The smallest absolute Gasteiger partial charge is 0.230 e. The van der Waals surface area contributed by atoms with Gasteiger partial charge in [-0.15, -0.1) is 0 Å². The second-order valence-electron chi connectivity index (χ2n) is 5.56. The third-order valence-corrected chi connectivity index (χ3v) is 3.54. The molecule has 2 aromatic carbocycles. The molecule has 0 aliphatic heterocycles. The van der Waals surface area contributed by atoms with Crippen molar-refractivity contribution >= 4 is 28.9 Å². The van der Waals surface area contributed by atoms with E-state index < -0.39 is 0 Å². The van der Waals surface area contributed by atoms with E-state index in [-0.39, 0.29) is 29.2 Å². The van der Waals surface area contributed by atoms with Crippen LogP contribution in [0.4, 0.5) is 10.1 Å². The van der Waals surface area contributed by atoms with Crippen molar-refractivity contribution < 1.29 is 9.18 Å². The summed E-state index contributed by atoms with van der Waals surface area (Å²) >= 11 is 5.09. The van der Waals surface area contributed by atoms with Crippen LogP contribution in [0.15, 0.2) is 48.5 Å². The lowest BCUT2D eigenvalue weighted by molar-refractivity contribution is -0.119. The van der Waals surface area contributed by atoms with E-state index in [1.165, 1.54) is 6.07 Å². The summed E-state index contributed by atoms with van der Waals surface area (Å²) in [6.45, 7) is 3.86. The van der Waals surface area contributed by atoms with Gasteiger partial charge in [0.05, 0.1) is 6.42 Å². The predicted molar refractivity (Wildman–Crippen MR) is 95.0 cm³/mol. The Morgan fingerprint density at radius 2 is 1.87 bits per heavy atom. The lowest BCUT2D eigenvalue weighted by Crippen LogP contribution is -2.35. The number of halogens is 1. The maximum absolute atomic E-state index is 13.9. The molecule has 3 nitrogen and oxygen atoms in total. The highest BCUT2D eigenvalue weighted by Crippen LogP contribution is 2.21. The van der Waals surface area contributed by atoms with Crippen molar-refractivity contribution in [2.75, 3.05) is 5.32 Å². The van der Waals surface area contributed by atoms with Gasteiger partial charge in [-0.05, 0) is 41.4 Å². The fraction of sp³-hybridized carbons (Fsp3) is 0.222. The van der Waals surface area contributed by atoms with Gasteiger partial charge in [0.1, 0.15) is 5.82 Å². The molecule has 0 heterocycles. The summed E-state index contributed by atoms with van der Waals surface area (Å²) < 4.78 is 13.9. The first kappa shape index (κ1) is 17.1. The van der Waals surface area contributed by atoms with Crippen molar-refractivity contribution in [3.8, 4) is 0 Å². The molecule has 0 aromatic heterocycles. The molecule has 0 fully saturated rings. The highest BCUT2D eigenvalue weighted by molar-refractivity contribution is 7.80. The number of nitrogens with one attached hydrogen (secondary N) is 2. The van der Waals surface area contributed by atoms with Gasteiger partial charge in [-0.25, -0.2) is 4.39 Å². The molecular formula is C18H19FN2OS. The maximum atomic E-state index is 13.9. The molecular weight excluding hydrogens is 311 g/mol. The number of hydrogen-bond donors (Lipinski definition) is 2. The summed E-state index contributed by atoms with van der Waals surface area (Å²) in [4.78, 5) is 11.9. The minimum absolute atomic E-state index is 0.113. The first-order valence-electron chi connectivity index (χ1n) is 7.40. The summed E-state index contributed by atoms with van der Waals surface area (Å²) in [5.74, 6) is -0.391. The van der Waals surface area contributed by atoms with Gasteiger partial charge >= 0.3 is 0 Å². The van der Waals surface area contributed by atoms with Gasteiger partial charge in [0.15, 0.2) is 5.11 Å². The number of carbonyl (C=O) groups excluding carboxylic acids is 1. The second kappa shape index (κ2) is 7.83.